The number of fused-ring (bicyclic) bond motifs is 1. The van der Waals surface area contributed by atoms with Crippen LogP contribution < -0.4 is 18.9 Å². The van der Waals surface area contributed by atoms with E-state index in [0.29, 0.717) is 35.2 Å². The molecule has 0 bridgehead atoms. The van der Waals surface area contributed by atoms with E-state index in [0.717, 1.165) is 11.3 Å². The number of benzene rings is 2. The number of pyridine rings is 1. The van der Waals surface area contributed by atoms with E-state index in [-0.39, 0.29) is 24.8 Å². The van der Waals surface area contributed by atoms with E-state index < -0.39 is 0 Å². The minimum atomic E-state index is -0.308. The van der Waals surface area contributed by atoms with Gasteiger partial charge in [0, 0.05) is 17.8 Å². The molecule has 0 atom stereocenters. The summed E-state index contributed by atoms with van der Waals surface area (Å²) >= 11 is 0. The molecule has 0 saturated carbocycles. The third-order valence-corrected chi connectivity index (χ3v) is 4.97. The molecule has 0 fully saturated rings. The summed E-state index contributed by atoms with van der Waals surface area (Å²) in [6.07, 6.45) is 7.51. The van der Waals surface area contributed by atoms with Crippen LogP contribution in [-0.4, -0.2) is 30.5 Å². The summed E-state index contributed by atoms with van der Waals surface area (Å²) in [6, 6.07) is 16.3. The first-order valence-corrected chi connectivity index (χ1v) is 10.6. The lowest BCUT2D eigenvalue weighted by molar-refractivity contribution is -0.121. The Hall–Kier alpha value is -4.39. The number of rotatable bonds is 10. The third-order valence-electron chi connectivity index (χ3n) is 4.97. The predicted molar refractivity (Wildman–Crippen MR) is 127 cm³/mol. The van der Waals surface area contributed by atoms with Crippen molar-refractivity contribution in [2.24, 2.45) is 0 Å². The van der Waals surface area contributed by atoms with Crippen molar-refractivity contribution in [3.63, 3.8) is 0 Å². The molecule has 172 valence electrons. The number of methoxy groups -OCH3 is 1. The highest BCUT2D eigenvalue weighted by Crippen LogP contribution is 2.32. The molecule has 3 aromatic rings. The minimum absolute atomic E-state index is 0.188. The maximum atomic E-state index is 12.3. The van der Waals surface area contributed by atoms with Gasteiger partial charge in [0.25, 0.3) is 0 Å². The number of allylic oxidation sites excluding steroid dienone is 2. The average molecular weight is 457 g/mol. The smallest absolute Gasteiger partial charge is 0.231 e. The second-order valence-corrected chi connectivity index (χ2v) is 7.40. The molecule has 1 aliphatic heterocycles. The summed E-state index contributed by atoms with van der Waals surface area (Å²) in [5.41, 5.74) is 2.30. The standard InChI is InChI=1S/C27H23NO6/c1-31-26-16-24(32-17-21-4-2-3-13-28-21)11-8-20(26)7-10-23(30)15-22(29)9-5-19-6-12-25-27(14-19)34-18-33-25/h2-14,16H,15,17-18H2,1H3. The van der Waals surface area contributed by atoms with E-state index in [4.69, 9.17) is 18.9 Å². The number of hydrogen-bond acceptors (Lipinski definition) is 7. The van der Waals surface area contributed by atoms with Crippen LogP contribution >= 0.6 is 0 Å². The Kier molecular flexibility index (Phi) is 7.35. The van der Waals surface area contributed by atoms with Gasteiger partial charge in [-0.3, -0.25) is 14.6 Å². The fourth-order valence-corrected chi connectivity index (χ4v) is 3.24. The molecule has 2 aromatic carbocycles. The number of carbonyl (C=O) groups is 2. The third kappa shape index (κ3) is 6.10. The number of aromatic nitrogens is 1. The largest absolute Gasteiger partial charge is 0.496 e. The van der Waals surface area contributed by atoms with Crippen molar-refractivity contribution in [2.45, 2.75) is 13.0 Å². The minimum Gasteiger partial charge on any atom is -0.496 e. The lowest BCUT2D eigenvalue weighted by atomic mass is 10.1. The predicted octanol–water partition coefficient (Wildman–Crippen LogP) is 4.65. The molecule has 0 radical (unpaired) electrons. The Labute approximate surface area is 197 Å². The van der Waals surface area contributed by atoms with Gasteiger partial charge in [-0.15, -0.1) is 0 Å². The lowest BCUT2D eigenvalue weighted by Crippen LogP contribution is -2.02. The number of ether oxygens (including phenoxy) is 4. The maximum absolute atomic E-state index is 12.3. The van der Waals surface area contributed by atoms with Gasteiger partial charge in [0.05, 0.1) is 19.2 Å². The van der Waals surface area contributed by atoms with Crippen LogP contribution in [0.15, 0.2) is 72.9 Å². The normalized spacial score (nSPS) is 12.3. The van der Waals surface area contributed by atoms with Gasteiger partial charge in [0.2, 0.25) is 6.79 Å². The lowest BCUT2D eigenvalue weighted by Gasteiger charge is -2.09. The molecule has 7 heteroatoms. The fraction of sp³-hybridized carbons (Fsp3) is 0.148. The Morgan fingerprint density at radius 3 is 2.59 bits per heavy atom. The highest BCUT2D eigenvalue weighted by molar-refractivity contribution is 6.11. The maximum Gasteiger partial charge on any atom is 0.231 e. The first-order valence-electron chi connectivity index (χ1n) is 10.6. The molecule has 2 heterocycles. The summed E-state index contributed by atoms with van der Waals surface area (Å²) in [7, 11) is 1.54. The van der Waals surface area contributed by atoms with Gasteiger partial charge in [-0.2, -0.15) is 0 Å². The van der Waals surface area contributed by atoms with E-state index in [1.54, 1.807) is 55.8 Å². The molecular formula is C27H23NO6. The Morgan fingerprint density at radius 1 is 0.971 bits per heavy atom. The molecule has 4 rings (SSSR count). The molecule has 0 saturated heterocycles. The van der Waals surface area contributed by atoms with Gasteiger partial charge in [-0.25, -0.2) is 0 Å². The van der Waals surface area contributed by atoms with Gasteiger partial charge in [0.1, 0.15) is 18.1 Å². The quantitative estimate of drug-likeness (QED) is 0.324. The van der Waals surface area contributed by atoms with Crippen LogP contribution in [0.4, 0.5) is 0 Å². The zero-order valence-corrected chi connectivity index (χ0v) is 18.6. The van der Waals surface area contributed by atoms with Crippen molar-refractivity contribution >= 4 is 23.7 Å². The highest BCUT2D eigenvalue weighted by atomic mass is 16.7. The van der Waals surface area contributed by atoms with Crippen molar-refractivity contribution in [3.8, 4) is 23.0 Å². The molecule has 1 aromatic heterocycles. The van der Waals surface area contributed by atoms with Crippen LogP contribution in [0.25, 0.3) is 12.2 Å². The van der Waals surface area contributed by atoms with Gasteiger partial charge < -0.3 is 18.9 Å². The zero-order chi connectivity index (χ0) is 23.8. The SMILES string of the molecule is COc1cc(OCc2ccccn2)ccc1C=CC(=O)CC(=O)C=Cc1ccc2c(c1)OCO2. The molecule has 0 amide bonds. The van der Waals surface area contributed by atoms with Gasteiger partial charge >= 0.3 is 0 Å². The molecule has 0 N–H and O–H groups in total. The van der Waals surface area contributed by atoms with Gasteiger partial charge in [-0.05, 0) is 60.2 Å². The fourth-order valence-electron chi connectivity index (χ4n) is 3.24. The summed E-state index contributed by atoms with van der Waals surface area (Å²) in [5, 5.41) is 0. The molecule has 1 aliphatic rings. The van der Waals surface area contributed by atoms with E-state index in [9.17, 15) is 9.59 Å². The summed E-state index contributed by atoms with van der Waals surface area (Å²) in [5.74, 6) is 1.88. The molecule has 7 nitrogen and oxygen atoms in total. The zero-order valence-electron chi connectivity index (χ0n) is 18.6. The van der Waals surface area contributed by atoms with Crippen molar-refractivity contribution < 1.29 is 28.5 Å². The second-order valence-electron chi connectivity index (χ2n) is 7.40. The van der Waals surface area contributed by atoms with Crippen LogP contribution in [0, 0.1) is 0 Å². The molecule has 34 heavy (non-hydrogen) atoms. The van der Waals surface area contributed by atoms with Crippen molar-refractivity contribution in [3.05, 3.63) is 89.8 Å². The molecule has 0 unspecified atom stereocenters. The van der Waals surface area contributed by atoms with Crippen molar-refractivity contribution in [2.75, 3.05) is 13.9 Å². The van der Waals surface area contributed by atoms with E-state index >= 15 is 0 Å². The van der Waals surface area contributed by atoms with Crippen molar-refractivity contribution in [1.82, 2.24) is 4.98 Å². The first kappa shape index (κ1) is 22.8. The van der Waals surface area contributed by atoms with Crippen molar-refractivity contribution in [1.29, 1.82) is 0 Å². The van der Waals surface area contributed by atoms with Crippen LogP contribution in [0.3, 0.4) is 0 Å². The Balaban J connectivity index is 1.32. The van der Waals surface area contributed by atoms with E-state index in [1.165, 1.54) is 12.2 Å². The Bertz CT molecular complexity index is 1230. The molecule has 0 spiro atoms. The molecule has 0 aliphatic carbocycles. The summed E-state index contributed by atoms with van der Waals surface area (Å²) < 4.78 is 21.8. The Morgan fingerprint density at radius 2 is 1.79 bits per heavy atom. The number of nitrogens with zero attached hydrogens (tertiary/aromatic N) is 1. The van der Waals surface area contributed by atoms with E-state index in [2.05, 4.69) is 4.98 Å². The van der Waals surface area contributed by atoms with Crippen LogP contribution in [0.5, 0.6) is 23.0 Å². The second kappa shape index (κ2) is 11.0. The first-order chi connectivity index (χ1) is 16.6. The van der Waals surface area contributed by atoms with Crippen LogP contribution in [-0.2, 0) is 16.2 Å². The number of hydrogen-bond donors (Lipinski definition) is 0. The van der Waals surface area contributed by atoms with Gasteiger partial charge in [-0.1, -0.05) is 18.2 Å². The number of carbonyl (C=O) groups excluding carboxylic acids is 2. The molecular weight excluding hydrogens is 434 g/mol. The average Bonchev–Trinajstić information content (AvgIpc) is 3.34. The van der Waals surface area contributed by atoms with Crippen LogP contribution in [0.1, 0.15) is 23.2 Å². The monoisotopic (exact) mass is 457 g/mol. The summed E-state index contributed by atoms with van der Waals surface area (Å²) in [4.78, 5) is 28.7. The van der Waals surface area contributed by atoms with E-state index in [1.807, 2.05) is 24.3 Å². The topological polar surface area (TPSA) is 84.0 Å². The highest BCUT2D eigenvalue weighted by Gasteiger charge is 2.12. The summed E-state index contributed by atoms with van der Waals surface area (Å²) in [6.45, 7) is 0.521. The van der Waals surface area contributed by atoms with Gasteiger partial charge in [0.15, 0.2) is 23.1 Å². The van der Waals surface area contributed by atoms with Crippen LogP contribution in [0.2, 0.25) is 0 Å². The number of ketones is 2.